The van der Waals surface area contributed by atoms with Crippen LogP contribution in [0.25, 0.3) is 0 Å². The van der Waals surface area contributed by atoms with E-state index in [1.54, 1.807) is 183 Å². The van der Waals surface area contributed by atoms with E-state index in [4.69, 9.17) is 56.8 Å². The lowest BCUT2D eigenvalue weighted by Crippen LogP contribution is -2.82. The molecule has 31 heteroatoms. The minimum Gasteiger partial charge on any atom is -0.456 e. The Kier molecular flexibility index (Phi) is 24.5. The van der Waals surface area contributed by atoms with Gasteiger partial charge in [-0.1, -0.05) is 143 Å². The van der Waals surface area contributed by atoms with Crippen LogP contribution in [0.2, 0.25) is 0 Å². The Hall–Kier alpha value is -11.1. The lowest BCUT2D eigenvalue weighted by Gasteiger charge is -2.67. The second-order valence-electron chi connectivity index (χ2n) is 35.6. The fourth-order valence-corrected chi connectivity index (χ4v) is 20.5. The van der Waals surface area contributed by atoms with E-state index in [1.807, 2.05) is 0 Å². The molecule has 22 atom stereocenters. The van der Waals surface area contributed by atoms with Crippen molar-refractivity contribution >= 4 is 71.5 Å². The van der Waals surface area contributed by atoms with Gasteiger partial charge in [0.05, 0.1) is 66.9 Å². The molecule has 0 radical (unpaired) electrons. The summed E-state index contributed by atoms with van der Waals surface area (Å²) in [5.41, 5.74) is -14.1. The Morgan fingerprint density at radius 2 is 0.894 bits per heavy atom. The van der Waals surface area contributed by atoms with Crippen LogP contribution in [-0.4, -0.2) is 213 Å². The molecule has 2 saturated heterocycles. The summed E-state index contributed by atoms with van der Waals surface area (Å²) in [5, 5.41) is 68.2. The van der Waals surface area contributed by atoms with Crippen LogP contribution in [0.5, 0.6) is 0 Å². The number of hydrogen-bond donors (Lipinski definition) is 7. The third kappa shape index (κ3) is 15.8. The first-order valence-electron chi connectivity index (χ1n) is 40.8. The Morgan fingerprint density at radius 3 is 1.30 bits per heavy atom. The highest BCUT2D eigenvalue weighted by molar-refractivity contribution is 5.99. The SMILES string of the molecule is CC(=O)O[C@H]1C(=O)[C@]23C[C@H]2C[C@H]2OC[C@@]2(OC(C)=O)[C@H]3[C@H](OC(=O)c2ccccc2)[C@]2(O)C[C@H](OC(=O)[C@H](O)[C@@H](NC(=O)OC(C)(C)C)c3ccccc3)C(C)=C1C2(C)C.COC(=O)O[C@@]12CO[C@@H]1C[C@H](O)[C@@]1(C)C(=O)[C@H](OC(C)=O)C3=C(C)[C@@H](OC(=O)[C@H](O)[C@@H](NC(=O)c4ccccc4)c4ccccc4)C[C@@](O)([C@@H](OC(=O)c4ccccc4)[C@H]21)C3(C)C. The fraction of sp³-hybridized carbons (Fsp3) is 0.500. The molecule has 2 amide bonds. The summed E-state index contributed by atoms with van der Waals surface area (Å²) in [4.78, 5) is 167. The van der Waals surface area contributed by atoms with Gasteiger partial charge in [-0.2, -0.15) is 0 Å². The molecule has 14 rings (SSSR count). The maximum atomic E-state index is 15.5. The second kappa shape index (κ2) is 33.5. The summed E-state index contributed by atoms with van der Waals surface area (Å²) in [6.07, 6.45) is -20.2. The maximum Gasteiger partial charge on any atom is 0.508 e. The number of amides is 2. The minimum absolute atomic E-state index is 0.0247. The van der Waals surface area contributed by atoms with E-state index in [0.29, 0.717) is 17.5 Å². The van der Waals surface area contributed by atoms with Crippen molar-refractivity contribution in [1.29, 1.82) is 0 Å². The highest BCUT2D eigenvalue weighted by Crippen LogP contribution is 2.75. The van der Waals surface area contributed by atoms with Crippen molar-refractivity contribution < 1.29 is 140 Å². The molecule has 5 saturated carbocycles. The van der Waals surface area contributed by atoms with E-state index in [-0.39, 0.29) is 71.0 Å². The van der Waals surface area contributed by atoms with Crippen LogP contribution < -0.4 is 10.6 Å². The zero-order valence-electron chi connectivity index (χ0n) is 70.7. The average Bonchev–Trinajstić information content (AvgIpc) is 1.53. The van der Waals surface area contributed by atoms with Crippen LogP contribution in [0.3, 0.4) is 0 Å². The summed E-state index contributed by atoms with van der Waals surface area (Å²) in [6.45, 7) is 18.7. The smallest absolute Gasteiger partial charge is 0.456 e. The lowest BCUT2D eigenvalue weighted by atomic mass is 9.44. The van der Waals surface area contributed by atoms with Gasteiger partial charge in [0.2, 0.25) is 0 Å². The molecule has 1 spiro atoms. The lowest BCUT2D eigenvalue weighted by molar-refractivity contribution is -0.344. The quantitative estimate of drug-likeness (QED) is 0.0231. The van der Waals surface area contributed by atoms with Gasteiger partial charge in [-0.05, 0) is 130 Å². The molecule has 9 aliphatic rings. The highest BCUT2D eigenvalue weighted by atomic mass is 16.8. The molecule has 7 fully saturated rings. The molecule has 5 aromatic rings. The predicted octanol–water partition coefficient (Wildman–Crippen LogP) is 8.43. The number of aliphatic hydroxyl groups excluding tert-OH is 3. The van der Waals surface area contributed by atoms with E-state index in [0.717, 1.165) is 21.0 Å². The number of ether oxygens (including phenoxy) is 12. The number of methoxy groups -OCH3 is 1. The molecule has 2 aliphatic heterocycles. The van der Waals surface area contributed by atoms with E-state index in [9.17, 15) is 73.5 Å². The van der Waals surface area contributed by atoms with Crippen molar-refractivity contribution in [3.8, 4) is 0 Å². The first-order chi connectivity index (χ1) is 57.9. The van der Waals surface area contributed by atoms with Gasteiger partial charge in [0.1, 0.15) is 53.4 Å². The third-order valence-corrected chi connectivity index (χ3v) is 26.8. The molecule has 656 valence electrons. The number of carbonyl (C=O) groups is 12. The number of rotatable bonds is 19. The van der Waals surface area contributed by atoms with Gasteiger partial charge in [-0.25, -0.2) is 28.8 Å². The van der Waals surface area contributed by atoms with Gasteiger partial charge in [0, 0.05) is 61.8 Å². The zero-order chi connectivity index (χ0) is 89.4. The molecule has 0 aromatic heterocycles. The van der Waals surface area contributed by atoms with E-state index >= 15 is 9.59 Å². The molecule has 7 N–H and O–H groups in total. The predicted molar refractivity (Wildman–Crippen MR) is 429 cm³/mol. The molecular formula is C92H104N2O29. The van der Waals surface area contributed by atoms with Crippen LogP contribution in [0.1, 0.15) is 176 Å². The molecule has 0 unspecified atom stereocenters. The maximum absolute atomic E-state index is 15.5. The number of Topliss-reactive ketones (excluding diaryl/α,β-unsaturated/α-hetero) is 2. The van der Waals surface area contributed by atoms with Crippen molar-refractivity contribution in [2.24, 2.45) is 39.4 Å². The number of fused-ring (bicyclic) bond motifs is 9. The minimum atomic E-state index is -2.43. The number of ketones is 2. The monoisotopic (exact) mass is 1700 g/mol. The zero-order valence-corrected chi connectivity index (χ0v) is 70.7. The van der Waals surface area contributed by atoms with Crippen LogP contribution in [0.4, 0.5) is 9.59 Å². The van der Waals surface area contributed by atoms with E-state index in [2.05, 4.69) is 10.6 Å². The van der Waals surface area contributed by atoms with Crippen LogP contribution in [0, 0.1) is 39.4 Å². The number of esters is 7. The Labute approximate surface area is 709 Å². The van der Waals surface area contributed by atoms with Gasteiger partial charge in [-0.15, -0.1) is 0 Å². The van der Waals surface area contributed by atoms with Gasteiger partial charge >= 0.3 is 54.0 Å². The summed E-state index contributed by atoms with van der Waals surface area (Å²) >= 11 is 0. The fourth-order valence-electron chi connectivity index (χ4n) is 20.5. The molecule has 4 bridgehead atoms. The summed E-state index contributed by atoms with van der Waals surface area (Å²) in [5.74, 6) is -11.9. The summed E-state index contributed by atoms with van der Waals surface area (Å²) in [7, 11) is 1.07. The molecular weight excluding hydrogens is 1600 g/mol. The van der Waals surface area contributed by atoms with E-state index < -0.39 is 225 Å². The van der Waals surface area contributed by atoms with Crippen LogP contribution in [0.15, 0.2) is 174 Å². The van der Waals surface area contributed by atoms with E-state index in [1.165, 1.54) is 45.0 Å². The topological polar surface area (TPSA) is 441 Å². The van der Waals surface area contributed by atoms with Crippen molar-refractivity contribution in [3.63, 3.8) is 0 Å². The van der Waals surface area contributed by atoms with Gasteiger partial charge in [-0.3, -0.25) is 28.8 Å². The van der Waals surface area contributed by atoms with Gasteiger partial charge < -0.3 is 93.0 Å². The molecule has 5 aromatic carbocycles. The molecule has 2 heterocycles. The Morgan fingerprint density at radius 1 is 0.496 bits per heavy atom. The third-order valence-electron chi connectivity index (χ3n) is 26.8. The number of aliphatic hydroxyl groups is 5. The normalized spacial score (nSPS) is 32.4. The number of hydrogen-bond acceptors (Lipinski definition) is 29. The summed E-state index contributed by atoms with van der Waals surface area (Å²) < 4.78 is 71.1. The Bertz CT molecular complexity index is 5030. The number of carbonyl (C=O) groups excluding carboxylic acids is 12. The second-order valence-corrected chi connectivity index (χ2v) is 35.6. The van der Waals surface area contributed by atoms with Gasteiger partial charge in [0.25, 0.3) is 5.91 Å². The first-order valence-corrected chi connectivity index (χ1v) is 40.8. The largest absolute Gasteiger partial charge is 0.508 e. The van der Waals surface area contributed by atoms with Crippen molar-refractivity contribution in [3.05, 3.63) is 202 Å². The van der Waals surface area contributed by atoms with Crippen molar-refractivity contribution in [2.75, 3.05) is 20.3 Å². The molecule has 31 nitrogen and oxygen atoms in total. The van der Waals surface area contributed by atoms with Gasteiger partial charge in [0.15, 0.2) is 47.2 Å². The van der Waals surface area contributed by atoms with Crippen LogP contribution >= 0.6 is 0 Å². The van der Waals surface area contributed by atoms with Crippen molar-refractivity contribution in [2.45, 2.75) is 229 Å². The molecule has 7 aliphatic carbocycles. The van der Waals surface area contributed by atoms with Crippen molar-refractivity contribution in [1.82, 2.24) is 10.6 Å². The number of alkyl carbamates (subject to hydrolysis) is 1. The number of nitrogens with one attached hydrogen (secondary N) is 2. The molecule has 123 heavy (non-hydrogen) atoms. The average molecular weight is 1700 g/mol. The highest BCUT2D eigenvalue weighted by Gasteiger charge is 2.85. The van der Waals surface area contributed by atoms with Crippen LogP contribution in [-0.2, 0) is 90.4 Å². The number of benzene rings is 5. The standard InChI is InChI=1S/C47H51NO15.C45H53NO14/c1-25-30(61-42(55)35(51)34(27-16-10-7-11-17-27)48-40(53)28-18-12-8-13-19-28)23-47(57)39(62-41(54)29-20-14-9-15-21-29)37-45(5,38(52)36(60-26(2)49)33(25)44(47,3)4)31(50)22-32-46(37,24-59-32)63-43(56)58-6;1-23-29(57-39(52)33(49)32(26-15-11-9-12-16-26)46-40(53)60-41(4,5)6)21-45(54)37(58-38(51)27-17-13-10-14-18-27)35-43(36(50)34(56-24(2)47)31(23)42(45,7)8)20-28(43)19-30-44(35,22-55-30)59-25(3)48/h7-21,30-32,34-37,39,50-51,57H,22-24H2,1-6H3,(H,48,53);9-18,28-30,32-35,37,49,54H,19-22H2,1-8H3,(H,46,53)/t30-,31-,32+,34-,35+,36+,37-,39-,45+,46-,47+;28-,29+,30-,32+,33-,34-,35+,37+,43-,44+,45-/m01/s1. The summed E-state index contributed by atoms with van der Waals surface area (Å²) in [6, 6.07) is 37.7. The first kappa shape index (κ1) is 89.7. The Balaban J connectivity index is 0.000000212.